The fourth-order valence-corrected chi connectivity index (χ4v) is 3.39. The van der Waals surface area contributed by atoms with Crippen LogP contribution in [0, 0.1) is 0 Å². The molecule has 1 fully saturated rings. The van der Waals surface area contributed by atoms with Gasteiger partial charge in [-0.1, -0.05) is 0 Å². The third-order valence-corrected chi connectivity index (χ3v) is 4.60. The van der Waals surface area contributed by atoms with Gasteiger partial charge in [-0.15, -0.1) is 11.3 Å². The summed E-state index contributed by atoms with van der Waals surface area (Å²) in [4.78, 5) is 1.26. The summed E-state index contributed by atoms with van der Waals surface area (Å²) in [5.74, 6) is 0. The van der Waals surface area contributed by atoms with E-state index in [2.05, 4.69) is 27.4 Å². The lowest BCUT2D eigenvalue weighted by molar-refractivity contribution is 0.101. The Morgan fingerprint density at radius 1 is 1.67 bits per heavy atom. The smallest absolute Gasteiger partial charge is 0.0576 e. The largest absolute Gasteiger partial charge is 0.378 e. The topological polar surface area (TPSA) is 35.2 Å². The van der Waals surface area contributed by atoms with Gasteiger partial charge in [0.1, 0.15) is 0 Å². The van der Waals surface area contributed by atoms with Gasteiger partial charge in [-0.25, -0.2) is 0 Å². The predicted molar refractivity (Wildman–Crippen MR) is 67.2 cm³/mol. The molecule has 1 aromatic rings. The molecule has 0 saturated carbocycles. The van der Waals surface area contributed by atoms with Crippen molar-refractivity contribution in [2.24, 2.45) is 5.73 Å². The van der Waals surface area contributed by atoms with E-state index in [0.29, 0.717) is 6.10 Å². The molecule has 0 aromatic carbocycles. The molecule has 1 aliphatic heterocycles. The number of thiophene rings is 1. The SMILES string of the molecule is NC(CCC1CCCO1)c1cc(Br)cs1. The Morgan fingerprint density at radius 3 is 3.13 bits per heavy atom. The second kappa shape index (κ2) is 5.43. The van der Waals surface area contributed by atoms with Gasteiger partial charge in [-0.2, -0.15) is 0 Å². The van der Waals surface area contributed by atoms with Crippen molar-refractivity contribution in [2.45, 2.75) is 37.8 Å². The van der Waals surface area contributed by atoms with Crippen LogP contribution in [0.3, 0.4) is 0 Å². The van der Waals surface area contributed by atoms with Gasteiger partial charge >= 0.3 is 0 Å². The molecule has 2 atom stereocenters. The van der Waals surface area contributed by atoms with Gasteiger partial charge in [0.25, 0.3) is 0 Å². The van der Waals surface area contributed by atoms with Crippen molar-refractivity contribution in [3.8, 4) is 0 Å². The van der Waals surface area contributed by atoms with Crippen molar-refractivity contribution < 1.29 is 4.74 Å². The van der Waals surface area contributed by atoms with Crippen LogP contribution in [0.1, 0.15) is 36.6 Å². The van der Waals surface area contributed by atoms with Crippen molar-refractivity contribution >= 4 is 27.3 Å². The van der Waals surface area contributed by atoms with E-state index in [0.717, 1.165) is 23.9 Å². The average molecular weight is 290 g/mol. The third-order valence-electron chi connectivity index (χ3n) is 2.78. The maximum atomic E-state index is 6.12. The third kappa shape index (κ3) is 3.28. The summed E-state index contributed by atoms with van der Waals surface area (Å²) in [5.41, 5.74) is 6.12. The molecule has 1 aromatic heterocycles. The molecule has 0 spiro atoms. The van der Waals surface area contributed by atoms with E-state index in [-0.39, 0.29) is 6.04 Å². The van der Waals surface area contributed by atoms with Crippen molar-refractivity contribution in [1.82, 2.24) is 0 Å². The average Bonchev–Trinajstić information content (AvgIpc) is 2.84. The highest BCUT2D eigenvalue weighted by Crippen LogP contribution is 2.28. The molecular formula is C11H16BrNOS. The standard InChI is InChI=1S/C11H16BrNOS/c12-8-6-11(15-7-8)10(13)4-3-9-2-1-5-14-9/h6-7,9-10H,1-5,13H2. The first-order valence-corrected chi connectivity index (χ1v) is 7.04. The molecule has 0 amide bonds. The zero-order valence-corrected chi connectivity index (χ0v) is 11.0. The summed E-state index contributed by atoms with van der Waals surface area (Å²) in [6.07, 6.45) is 5.00. The molecule has 4 heteroatoms. The van der Waals surface area contributed by atoms with Gasteiger partial charge in [0.05, 0.1) is 6.10 Å². The second-order valence-corrected chi connectivity index (χ2v) is 5.84. The summed E-state index contributed by atoms with van der Waals surface area (Å²) >= 11 is 5.18. The summed E-state index contributed by atoms with van der Waals surface area (Å²) in [6.45, 7) is 0.935. The van der Waals surface area contributed by atoms with E-state index < -0.39 is 0 Å². The van der Waals surface area contributed by atoms with Crippen LogP contribution in [0.4, 0.5) is 0 Å². The van der Waals surface area contributed by atoms with Crippen LogP contribution in [0.5, 0.6) is 0 Å². The summed E-state index contributed by atoms with van der Waals surface area (Å²) in [5, 5.41) is 2.08. The molecule has 1 saturated heterocycles. The zero-order chi connectivity index (χ0) is 10.7. The van der Waals surface area contributed by atoms with E-state index in [1.54, 1.807) is 11.3 Å². The lowest BCUT2D eigenvalue weighted by Gasteiger charge is -2.13. The monoisotopic (exact) mass is 289 g/mol. The highest BCUT2D eigenvalue weighted by molar-refractivity contribution is 9.10. The van der Waals surface area contributed by atoms with Gasteiger partial charge < -0.3 is 10.5 Å². The summed E-state index contributed by atoms with van der Waals surface area (Å²) < 4.78 is 6.72. The van der Waals surface area contributed by atoms with Crippen LogP contribution < -0.4 is 5.73 Å². The molecule has 0 aliphatic carbocycles. The molecule has 2 unspecified atom stereocenters. The second-order valence-electron chi connectivity index (χ2n) is 3.99. The Bertz CT molecular complexity index is 309. The summed E-state index contributed by atoms with van der Waals surface area (Å²) in [7, 11) is 0. The van der Waals surface area contributed by atoms with Crippen molar-refractivity contribution in [2.75, 3.05) is 6.61 Å². The van der Waals surface area contributed by atoms with E-state index in [9.17, 15) is 0 Å². The minimum Gasteiger partial charge on any atom is -0.378 e. The van der Waals surface area contributed by atoms with Crippen molar-refractivity contribution in [1.29, 1.82) is 0 Å². The molecular weight excluding hydrogens is 274 g/mol. The molecule has 2 nitrogen and oxygen atoms in total. The van der Waals surface area contributed by atoms with Crippen molar-refractivity contribution in [3.05, 3.63) is 20.8 Å². The minimum absolute atomic E-state index is 0.172. The van der Waals surface area contributed by atoms with E-state index >= 15 is 0 Å². The van der Waals surface area contributed by atoms with Crippen molar-refractivity contribution in [3.63, 3.8) is 0 Å². The van der Waals surface area contributed by atoms with Gasteiger partial charge in [0, 0.05) is 27.4 Å². The van der Waals surface area contributed by atoms with Gasteiger partial charge in [-0.05, 0) is 47.7 Å². The van der Waals surface area contributed by atoms with Gasteiger partial charge in [0.2, 0.25) is 0 Å². The van der Waals surface area contributed by atoms with Gasteiger partial charge in [-0.3, -0.25) is 0 Å². The number of hydrogen-bond acceptors (Lipinski definition) is 3. The maximum Gasteiger partial charge on any atom is 0.0576 e. The van der Waals surface area contributed by atoms with E-state index in [1.807, 2.05) is 0 Å². The molecule has 0 bridgehead atoms. The Hall–Kier alpha value is 0.1000. The first-order valence-electron chi connectivity index (χ1n) is 5.37. The molecule has 2 heterocycles. The van der Waals surface area contributed by atoms with Crippen LogP contribution in [-0.4, -0.2) is 12.7 Å². The first-order chi connectivity index (χ1) is 7.25. The molecule has 15 heavy (non-hydrogen) atoms. The zero-order valence-electron chi connectivity index (χ0n) is 8.62. The van der Waals surface area contributed by atoms with Crippen LogP contribution in [0.2, 0.25) is 0 Å². The molecule has 84 valence electrons. The minimum atomic E-state index is 0.172. The number of rotatable bonds is 4. The van der Waals surface area contributed by atoms with E-state index in [1.165, 1.54) is 17.7 Å². The Balaban J connectivity index is 1.79. The molecule has 1 aliphatic rings. The number of nitrogens with two attached hydrogens (primary N) is 1. The highest BCUT2D eigenvalue weighted by atomic mass is 79.9. The molecule has 0 radical (unpaired) electrons. The predicted octanol–water partition coefficient (Wildman–Crippen LogP) is 3.47. The molecule has 2 rings (SSSR count). The lowest BCUT2D eigenvalue weighted by atomic mass is 10.1. The first kappa shape index (κ1) is 11.6. The van der Waals surface area contributed by atoms with Crippen LogP contribution in [-0.2, 0) is 4.74 Å². The van der Waals surface area contributed by atoms with Crippen LogP contribution in [0.25, 0.3) is 0 Å². The number of hydrogen-bond donors (Lipinski definition) is 1. The summed E-state index contributed by atoms with van der Waals surface area (Å²) in [6, 6.07) is 2.29. The highest BCUT2D eigenvalue weighted by Gasteiger charge is 2.17. The Labute approximate surface area is 103 Å². The number of halogens is 1. The fraction of sp³-hybridized carbons (Fsp3) is 0.636. The normalized spacial score (nSPS) is 23.2. The molecule has 2 N–H and O–H groups in total. The Morgan fingerprint density at radius 2 is 2.53 bits per heavy atom. The van der Waals surface area contributed by atoms with E-state index in [4.69, 9.17) is 10.5 Å². The van der Waals surface area contributed by atoms with Gasteiger partial charge in [0.15, 0.2) is 0 Å². The number of ether oxygens (including phenoxy) is 1. The Kier molecular flexibility index (Phi) is 4.20. The lowest BCUT2D eigenvalue weighted by Crippen LogP contribution is -2.13. The fourth-order valence-electron chi connectivity index (χ4n) is 1.90. The quantitative estimate of drug-likeness (QED) is 0.921. The van der Waals surface area contributed by atoms with Crippen LogP contribution in [0.15, 0.2) is 15.9 Å². The van der Waals surface area contributed by atoms with Crippen LogP contribution >= 0.6 is 27.3 Å². The maximum absolute atomic E-state index is 6.12.